The number of aryl methyl sites for hydroxylation is 1. The van der Waals surface area contributed by atoms with Crippen molar-refractivity contribution >= 4 is 30.7 Å². The third-order valence-corrected chi connectivity index (χ3v) is 10.3. The summed E-state index contributed by atoms with van der Waals surface area (Å²) in [6.45, 7) is 6.82. The molecule has 44 heavy (non-hydrogen) atoms. The van der Waals surface area contributed by atoms with E-state index in [2.05, 4.69) is 64.5 Å². The summed E-state index contributed by atoms with van der Waals surface area (Å²) in [7, 11) is 0. The molecular formula is C36H47Cl2N3O3. The summed E-state index contributed by atoms with van der Waals surface area (Å²) in [5.74, 6) is 1.24. The number of carbonyl (C=O) groups is 1. The van der Waals surface area contributed by atoms with Crippen molar-refractivity contribution in [3.63, 3.8) is 0 Å². The number of nitrogens with zero attached hydrogens (tertiary/aromatic N) is 2. The van der Waals surface area contributed by atoms with Crippen molar-refractivity contribution in [1.82, 2.24) is 15.1 Å². The molecule has 1 saturated carbocycles. The van der Waals surface area contributed by atoms with Crippen molar-refractivity contribution in [3.05, 3.63) is 95.1 Å². The van der Waals surface area contributed by atoms with Gasteiger partial charge in [-0.15, -0.1) is 24.8 Å². The molecule has 6 rings (SSSR count). The number of aromatic hydroxyl groups is 2. The van der Waals surface area contributed by atoms with E-state index in [0.29, 0.717) is 29.9 Å². The molecule has 6 nitrogen and oxygen atoms in total. The van der Waals surface area contributed by atoms with Gasteiger partial charge in [0.1, 0.15) is 11.5 Å². The maximum absolute atomic E-state index is 13.3. The van der Waals surface area contributed by atoms with Gasteiger partial charge in [-0.25, -0.2) is 0 Å². The van der Waals surface area contributed by atoms with Crippen LogP contribution in [0.2, 0.25) is 0 Å². The van der Waals surface area contributed by atoms with Crippen molar-refractivity contribution in [3.8, 4) is 11.5 Å². The Labute approximate surface area is 274 Å². The van der Waals surface area contributed by atoms with Gasteiger partial charge in [-0.1, -0.05) is 61.5 Å². The fourth-order valence-corrected chi connectivity index (χ4v) is 8.04. The van der Waals surface area contributed by atoms with E-state index in [9.17, 15) is 15.0 Å². The minimum Gasteiger partial charge on any atom is -0.508 e. The first-order valence-electron chi connectivity index (χ1n) is 15.8. The Morgan fingerprint density at radius 1 is 0.977 bits per heavy atom. The van der Waals surface area contributed by atoms with E-state index >= 15 is 0 Å². The highest BCUT2D eigenvalue weighted by molar-refractivity contribution is 5.85. The third-order valence-electron chi connectivity index (χ3n) is 10.3. The normalized spacial score (nSPS) is 24.8. The molecule has 0 aromatic heterocycles. The average molecular weight is 641 g/mol. The lowest BCUT2D eigenvalue weighted by Crippen LogP contribution is -2.61. The number of rotatable bonds is 9. The Morgan fingerprint density at radius 2 is 1.77 bits per heavy atom. The van der Waals surface area contributed by atoms with Gasteiger partial charge in [0.2, 0.25) is 5.91 Å². The Kier molecular flexibility index (Phi) is 11.6. The molecule has 0 unspecified atom stereocenters. The predicted molar refractivity (Wildman–Crippen MR) is 181 cm³/mol. The van der Waals surface area contributed by atoms with Crippen molar-refractivity contribution in [2.45, 2.75) is 75.9 Å². The number of benzene rings is 3. The quantitative estimate of drug-likeness (QED) is 0.258. The van der Waals surface area contributed by atoms with Crippen LogP contribution in [0.4, 0.5) is 0 Å². The van der Waals surface area contributed by atoms with Gasteiger partial charge in [0.05, 0.1) is 0 Å². The van der Waals surface area contributed by atoms with Gasteiger partial charge in [-0.2, -0.15) is 0 Å². The van der Waals surface area contributed by atoms with E-state index in [-0.39, 0.29) is 42.2 Å². The highest BCUT2D eigenvalue weighted by Gasteiger charge is 2.51. The van der Waals surface area contributed by atoms with Crippen LogP contribution in [0.15, 0.2) is 72.8 Å². The topological polar surface area (TPSA) is 76.0 Å². The maximum atomic E-state index is 13.3. The SMILES string of the molecule is C[C@@H]1CN(CCCc2ccccc2)[C@H]2C[C@H](NC(=O)CCN3CCc4c(O)cccc4C3)C[C@]1(c1cccc(O)c1)C2.Cl.Cl. The smallest absolute Gasteiger partial charge is 0.221 e. The predicted octanol–water partition coefficient (Wildman–Crippen LogP) is 6.25. The zero-order valence-corrected chi connectivity index (χ0v) is 27.3. The largest absolute Gasteiger partial charge is 0.508 e. The lowest BCUT2D eigenvalue weighted by molar-refractivity contribution is -0.123. The lowest BCUT2D eigenvalue weighted by atomic mass is 9.57. The van der Waals surface area contributed by atoms with Gasteiger partial charge < -0.3 is 15.5 Å². The number of carbonyl (C=O) groups excluding carboxylic acids is 1. The monoisotopic (exact) mass is 639 g/mol. The van der Waals surface area contributed by atoms with E-state index < -0.39 is 0 Å². The molecule has 3 N–H and O–H groups in total. The number of phenols is 2. The standard InChI is InChI=1S/C36H45N3O3.2ClH/c1-26-24-39(17-7-10-27-8-3-2-4-9-27)31-21-30(22-36(26,23-31)29-12-6-13-32(40)20-29)37-35(42)16-19-38-18-15-33-28(25-38)11-5-14-34(33)41;;/h2-6,8-9,11-14,20,26,30-31,40-41H,7,10,15-19,21-25H2,1H3,(H,37,42);2*1H/t26-,30+,31+,36+;;/m1../s1. The fraction of sp³-hybridized carbons (Fsp3) is 0.472. The van der Waals surface area contributed by atoms with E-state index in [4.69, 9.17) is 0 Å². The van der Waals surface area contributed by atoms with Gasteiger partial charge in [0, 0.05) is 50.1 Å². The summed E-state index contributed by atoms with van der Waals surface area (Å²) in [6.07, 6.45) is 6.45. The first-order chi connectivity index (χ1) is 20.4. The van der Waals surface area contributed by atoms with Gasteiger partial charge in [0.25, 0.3) is 0 Å². The molecule has 0 radical (unpaired) electrons. The van der Waals surface area contributed by atoms with Crippen molar-refractivity contribution in [2.24, 2.45) is 5.92 Å². The number of amides is 1. The molecule has 1 saturated heterocycles. The van der Waals surface area contributed by atoms with Gasteiger partial charge in [0.15, 0.2) is 0 Å². The molecule has 3 aromatic carbocycles. The summed E-state index contributed by atoms with van der Waals surface area (Å²) in [4.78, 5) is 18.3. The zero-order chi connectivity index (χ0) is 29.1. The molecule has 4 atom stereocenters. The summed E-state index contributed by atoms with van der Waals surface area (Å²) < 4.78 is 0. The molecule has 3 aliphatic rings. The second kappa shape index (κ2) is 15.0. The number of piperidine rings is 1. The first-order valence-corrected chi connectivity index (χ1v) is 15.8. The molecule has 1 aliphatic carbocycles. The molecular weight excluding hydrogens is 593 g/mol. The number of phenolic OH excluding ortho intramolecular Hbond substituents is 2. The zero-order valence-electron chi connectivity index (χ0n) is 25.7. The number of fused-ring (bicyclic) bond motifs is 3. The minimum absolute atomic E-state index is 0. The van der Waals surface area contributed by atoms with Crippen LogP contribution >= 0.6 is 24.8 Å². The van der Waals surface area contributed by atoms with Crippen LogP contribution in [-0.4, -0.2) is 64.2 Å². The Bertz CT molecular complexity index is 1390. The molecule has 1 amide bonds. The third kappa shape index (κ3) is 7.54. The Hall–Kier alpha value is -2.77. The molecule has 238 valence electrons. The fourth-order valence-electron chi connectivity index (χ4n) is 8.04. The molecule has 0 spiro atoms. The van der Waals surface area contributed by atoms with Crippen LogP contribution in [0.3, 0.4) is 0 Å². The Morgan fingerprint density at radius 3 is 2.57 bits per heavy atom. The molecule has 2 bridgehead atoms. The summed E-state index contributed by atoms with van der Waals surface area (Å²) in [5, 5.41) is 24.0. The van der Waals surface area contributed by atoms with Crippen molar-refractivity contribution in [1.29, 1.82) is 0 Å². The second-order valence-corrected chi connectivity index (χ2v) is 12.9. The lowest BCUT2D eigenvalue weighted by Gasteiger charge is -2.56. The van der Waals surface area contributed by atoms with E-state index in [0.717, 1.165) is 82.4 Å². The van der Waals surface area contributed by atoms with E-state index in [1.165, 1.54) is 11.1 Å². The van der Waals surface area contributed by atoms with Gasteiger partial charge in [-0.3, -0.25) is 14.6 Å². The van der Waals surface area contributed by atoms with Gasteiger partial charge in [-0.05, 0) is 91.4 Å². The van der Waals surface area contributed by atoms with Crippen LogP contribution in [0, 0.1) is 5.92 Å². The van der Waals surface area contributed by atoms with E-state index in [1.54, 1.807) is 12.1 Å². The molecule has 2 fully saturated rings. The summed E-state index contributed by atoms with van der Waals surface area (Å²) in [5.41, 5.74) is 4.74. The van der Waals surface area contributed by atoms with Gasteiger partial charge >= 0.3 is 0 Å². The Balaban J connectivity index is 0.00000221. The highest BCUT2D eigenvalue weighted by Crippen LogP contribution is 2.50. The average Bonchev–Trinajstić information content (AvgIpc) is 2.99. The van der Waals surface area contributed by atoms with E-state index in [1.807, 2.05) is 18.2 Å². The maximum Gasteiger partial charge on any atom is 0.221 e. The summed E-state index contributed by atoms with van der Waals surface area (Å²) in [6, 6.07) is 24.8. The molecule has 8 heteroatoms. The number of hydrogen-bond donors (Lipinski definition) is 3. The second-order valence-electron chi connectivity index (χ2n) is 12.9. The molecule has 2 aliphatic heterocycles. The highest BCUT2D eigenvalue weighted by atomic mass is 35.5. The number of nitrogens with one attached hydrogen (secondary N) is 1. The van der Waals surface area contributed by atoms with Crippen molar-refractivity contribution < 1.29 is 15.0 Å². The van der Waals surface area contributed by atoms with Crippen LogP contribution in [0.1, 0.15) is 61.3 Å². The van der Waals surface area contributed by atoms with Crippen LogP contribution in [0.5, 0.6) is 11.5 Å². The number of halogens is 2. The summed E-state index contributed by atoms with van der Waals surface area (Å²) >= 11 is 0. The number of hydrogen-bond acceptors (Lipinski definition) is 5. The van der Waals surface area contributed by atoms with Crippen molar-refractivity contribution in [2.75, 3.05) is 26.2 Å². The van der Waals surface area contributed by atoms with Crippen LogP contribution in [0.25, 0.3) is 0 Å². The molecule has 2 heterocycles. The number of likely N-dealkylation sites (tertiary alicyclic amines) is 1. The molecule has 3 aromatic rings. The van der Waals surface area contributed by atoms with Crippen LogP contribution in [-0.2, 0) is 29.6 Å². The minimum atomic E-state index is -0.0614. The van der Waals surface area contributed by atoms with Crippen LogP contribution < -0.4 is 5.32 Å². The first kappa shape index (κ1) is 34.1.